The highest BCUT2D eigenvalue weighted by molar-refractivity contribution is 5.93. The molecule has 0 aliphatic carbocycles. The van der Waals surface area contributed by atoms with Gasteiger partial charge in [-0.2, -0.15) is 0 Å². The molecule has 0 aliphatic rings. The normalized spacial score (nSPS) is 10.1. The third-order valence-electron chi connectivity index (χ3n) is 3.51. The van der Waals surface area contributed by atoms with E-state index in [0.717, 1.165) is 12.8 Å². The van der Waals surface area contributed by atoms with Gasteiger partial charge in [-0.15, -0.1) is 0 Å². The Hall–Kier alpha value is -2.89. The van der Waals surface area contributed by atoms with Crippen LogP contribution in [0.5, 0.6) is 5.75 Å². The molecule has 2 amide bonds. The summed E-state index contributed by atoms with van der Waals surface area (Å²) < 4.78 is 5.44. The molecule has 6 nitrogen and oxygen atoms in total. The van der Waals surface area contributed by atoms with E-state index in [1.165, 1.54) is 5.56 Å². The van der Waals surface area contributed by atoms with E-state index in [2.05, 4.69) is 22.5 Å². The van der Waals surface area contributed by atoms with Gasteiger partial charge in [0.2, 0.25) is 0 Å². The predicted octanol–water partition coefficient (Wildman–Crippen LogP) is 1.96. The highest BCUT2D eigenvalue weighted by atomic mass is 16.5. The summed E-state index contributed by atoms with van der Waals surface area (Å²) in [6.07, 6.45) is 5.25. The summed E-state index contributed by atoms with van der Waals surface area (Å²) in [7, 11) is 0. The Bertz CT molecular complexity index is 672. The Morgan fingerprint density at radius 1 is 1.00 bits per heavy atom. The van der Waals surface area contributed by atoms with E-state index in [-0.39, 0.29) is 18.4 Å². The van der Waals surface area contributed by atoms with Crippen LogP contribution >= 0.6 is 0 Å². The fraction of sp³-hybridized carbons (Fsp3) is 0.316. The molecular formula is C19H23N3O3. The van der Waals surface area contributed by atoms with E-state index < -0.39 is 0 Å². The highest BCUT2D eigenvalue weighted by Gasteiger charge is 2.05. The van der Waals surface area contributed by atoms with Gasteiger partial charge in [-0.1, -0.05) is 25.5 Å². The average molecular weight is 341 g/mol. The molecule has 0 radical (unpaired) electrons. The van der Waals surface area contributed by atoms with E-state index in [9.17, 15) is 9.59 Å². The molecule has 2 N–H and O–H groups in total. The molecule has 6 heteroatoms. The van der Waals surface area contributed by atoms with Crippen molar-refractivity contribution in [3.8, 4) is 5.75 Å². The first-order valence-corrected chi connectivity index (χ1v) is 8.35. The van der Waals surface area contributed by atoms with Gasteiger partial charge in [0.05, 0.1) is 0 Å². The summed E-state index contributed by atoms with van der Waals surface area (Å²) >= 11 is 0. The van der Waals surface area contributed by atoms with Gasteiger partial charge in [0.1, 0.15) is 5.75 Å². The minimum Gasteiger partial charge on any atom is -0.484 e. The summed E-state index contributed by atoms with van der Waals surface area (Å²) in [6.45, 7) is 2.77. The molecule has 0 aliphatic heterocycles. The molecule has 1 heterocycles. The van der Waals surface area contributed by atoms with Gasteiger partial charge in [0, 0.05) is 31.0 Å². The minimum absolute atomic E-state index is 0.0502. The van der Waals surface area contributed by atoms with E-state index in [1.807, 2.05) is 24.3 Å². The number of rotatable bonds is 9. The molecule has 0 saturated heterocycles. The first kappa shape index (κ1) is 18.4. The number of hydrogen-bond donors (Lipinski definition) is 2. The Morgan fingerprint density at radius 2 is 1.68 bits per heavy atom. The Kier molecular flexibility index (Phi) is 7.43. The van der Waals surface area contributed by atoms with Crippen molar-refractivity contribution in [3.05, 3.63) is 59.9 Å². The van der Waals surface area contributed by atoms with Crippen molar-refractivity contribution >= 4 is 11.8 Å². The van der Waals surface area contributed by atoms with Crippen LogP contribution in [0.4, 0.5) is 0 Å². The number of ether oxygens (including phenoxy) is 1. The molecule has 1 aromatic heterocycles. The van der Waals surface area contributed by atoms with E-state index in [4.69, 9.17) is 4.74 Å². The Morgan fingerprint density at radius 3 is 2.36 bits per heavy atom. The van der Waals surface area contributed by atoms with Crippen LogP contribution in [0.2, 0.25) is 0 Å². The van der Waals surface area contributed by atoms with E-state index in [1.54, 1.807) is 24.5 Å². The van der Waals surface area contributed by atoms with Gasteiger partial charge in [-0.25, -0.2) is 0 Å². The molecule has 25 heavy (non-hydrogen) atoms. The second kappa shape index (κ2) is 10.1. The number of carbonyl (C=O) groups excluding carboxylic acids is 2. The summed E-state index contributed by atoms with van der Waals surface area (Å²) in [4.78, 5) is 27.4. The molecule has 0 atom stereocenters. The lowest BCUT2D eigenvalue weighted by molar-refractivity contribution is -0.123. The number of pyridine rings is 1. The van der Waals surface area contributed by atoms with Crippen molar-refractivity contribution in [2.75, 3.05) is 19.7 Å². The molecule has 2 rings (SSSR count). The van der Waals surface area contributed by atoms with Crippen molar-refractivity contribution < 1.29 is 14.3 Å². The molecular weight excluding hydrogens is 318 g/mol. The van der Waals surface area contributed by atoms with Crippen molar-refractivity contribution in [1.29, 1.82) is 0 Å². The molecule has 0 saturated carbocycles. The zero-order valence-corrected chi connectivity index (χ0v) is 14.3. The second-order valence-electron chi connectivity index (χ2n) is 5.52. The van der Waals surface area contributed by atoms with Crippen LogP contribution < -0.4 is 15.4 Å². The lowest BCUT2D eigenvalue weighted by Gasteiger charge is -2.09. The number of carbonyl (C=O) groups is 2. The predicted molar refractivity (Wildman–Crippen MR) is 95.5 cm³/mol. The van der Waals surface area contributed by atoms with Crippen LogP contribution in [0.15, 0.2) is 48.8 Å². The lowest BCUT2D eigenvalue weighted by atomic mass is 10.1. The number of hydrogen-bond acceptors (Lipinski definition) is 4. The Labute approximate surface area is 147 Å². The quantitative estimate of drug-likeness (QED) is 0.683. The minimum atomic E-state index is -0.226. The van der Waals surface area contributed by atoms with Crippen LogP contribution in [-0.4, -0.2) is 36.5 Å². The fourth-order valence-corrected chi connectivity index (χ4v) is 2.22. The van der Waals surface area contributed by atoms with Gasteiger partial charge < -0.3 is 15.4 Å². The highest BCUT2D eigenvalue weighted by Crippen LogP contribution is 2.13. The number of nitrogens with one attached hydrogen (secondary N) is 2. The molecule has 0 bridgehead atoms. The van der Waals surface area contributed by atoms with Crippen LogP contribution in [0, 0.1) is 0 Å². The van der Waals surface area contributed by atoms with Crippen molar-refractivity contribution in [2.24, 2.45) is 0 Å². The zero-order chi connectivity index (χ0) is 17.9. The summed E-state index contributed by atoms with van der Waals surface area (Å²) in [6, 6.07) is 11.0. The van der Waals surface area contributed by atoms with Crippen molar-refractivity contribution in [1.82, 2.24) is 15.6 Å². The van der Waals surface area contributed by atoms with E-state index in [0.29, 0.717) is 24.4 Å². The lowest BCUT2D eigenvalue weighted by Crippen LogP contribution is -2.36. The fourth-order valence-electron chi connectivity index (χ4n) is 2.22. The number of amides is 2. The SMILES string of the molecule is CCCc1ccc(OCC(=O)NCCNC(=O)c2ccncc2)cc1. The van der Waals surface area contributed by atoms with Gasteiger partial charge >= 0.3 is 0 Å². The largest absolute Gasteiger partial charge is 0.484 e. The first-order chi connectivity index (χ1) is 12.2. The molecule has 2 aromatic rings. The van der Waals surface area contributed by atoms with Crippen LogP contribution in [-0.2, 0) is 11.2 Å². The van der Waals surface area contributed by atoms with Gasteiger partial charge in [0.15, 0.2) is 6.61 Å². The maximum Gasteiger partial charge on any atom is 0.258 e. The third kappa shape index (κ3) is 6.63. The molecule has 0 unspecified atom stereocenters. The monoisotopic (exact) mass is 341 g/mol. The van der Waals surface area contributed by atoms with Crippen LogP contribution in [0.1, 0.15) is 29.3 Å². The topological polar surface area (TPSA) is 80.3 Å². The molecule has 1 aromatic carbocycles. The summed E-state index contributed by atoms with van der Waals surface area (Å²) in [5.74, 6) is 0.247. The number of aromatic nitrogens is 1. The molecule has 0 spiro atoms. The van der Waals surface area contributed by atoms with Crippen molar-refractivity contribution in [2.45, 2.75) is 19.8 Å². The molecule has 132 valence electrons. The van der Waals surface area contributed by atoms with Crippen LogP contribution in [0.3, 0.4) is 0 Å². The maximum absolute atomic E-state index is 11.8. The van der Waals surface area contributed by atoms with Gasteiger partial charge in [0.25, 0.3) is 11.8 Å². The summed E-state index contributed by atoms with van der Waals surface area (Å²) in [5, 5.41) is 5.42. The first-order valence-electron chi connectivity index (χ1n) is 8.35. The van der Waals surface area contributed by atoms with Crippen LogP contribution in [0.25, 0.3) is 0 Å². The third-order valence-corrected chi connectivity index (χ3v) is 3.51. The van der Waals surface area contributed by atoms with Crippen molar-refractivity contribution in [3.63, 3.8) is 0 Å². The maximum atomic E-state index is 11.8. The number of benzene rings is 1. The average Bonchev–Trinajstić information content (AvgIpc) is 2.65. The van der Waals surface area contributed by atoms with Gasteiger partial charge in [-0.05, 0) is 36.2 Å². The Balaban J connectivity index is 1.61. The standard InChI is InChI=1S/C19H23N3O3/c1-2-3-15-4-6-17(7-5-15)25-14-18(23)21-12-13-22-19(24)16-8-10-20-11-9-16/h4-11H,2-3,12-14H2,1H3,(H,21,23)(H,22,24). The number of aryl methyl sites for hydroxylation is 1. The number of nitrogens with zero attached hydrogens (tertiary/aromatic N) is 1. The van der Waals surface area contributed by atoms with Gasteiger partial charge in [-0.3, -0.25) is 14.6 Å². The second-order valence-corrected chi connectivity index (χ2v) is 5.52. The zero-order valence-electron chi connectivity index (χ0n) is 14.3. The molecule has 0 fully saturated rings. The summed E-state index contributed by atoms with van der Waals surface area (Å²) in [5.41, 5.74) is 1.79. The van der Waals surface area contributed by atoms with E-state index >= 15 is 0 Å². The smallest absolute Gasteiger partial charge is 0.258 e.